The van der Waals surface area contributed by atoms with Crippen molar-refractivity contribution in [1.29, 1.82) is 5.26 Å². The Balaban J connectivity index is 2.11. The van der Waals surface area contributed by atoms with Crippen LogP contribution in [0.1, 0.15) is 22.4 Å². The minimum Gasteiger partial charge on any atom is -0.350 e. The van der Waals surface area contributed by atoms with Crippen molar-refractivity contribution in [3.8, 4) is 6.07 Å². The van der Waals surface area contributed by atoms with E-state index in [1.165, 1.54) is 0 Å². The molecule has 0 aliphatic heterocycles. The molecule has 0 radical (unpaired) electrons. The highest BCUT2D eigenvalue weighted by atomic mass is 35.5. The van der Waals surface area contributed by atoms with Gasteiger partial charge in [-0.25, -0.2) is 4.68 Å². The molecule has 2 rings (SSSR count). The zero-order valence-electron chi connectivity index (χ0n) is 12.8. The van der Waals surface area contributed by atoms with Gasteiger partial charge in [-0.2, -0.15) is 10.4 Å². The lowest BCUT2D eigenvalue weighted by Gasteiger charge is -2.09. The maximum absolute atomic E-state index is 12.1. The Bertz CT molecular complexity index is 852. The predicted octanol–water partition coefficient (Wildman–Crippen LogP) is 1.70. The number of aryl methyl sites for hydroxylation is 1. The van der Waals surface area contributed by atoms with Crippen LogP contribution in [0.3, 0.4) is 0 Å². The second-order valence-electron chi connectivity index (χ2n) is 5.07. The van der Waals surface area contributed by atoms with Gasteiger partial charge < -0.3 is 5.32 Å². The van der Waals surface area contributed by atoms with Crippen molar-refractivity contribution in [1.82, 2.24) is 15.1 Å². The zero-order valence-corrected chi connectivity index (χ0v) is 13.5. The van der Waals surface area contributed by atoms with Crippen molar-refractivity contribution in [2.24, 2.45) is 0 Å². The van der Waals surface area contributed by atoms with Crippen molar-refractivity contribution in [2.75, 3.05) is 0 Å². The van der Waals surface area contributed by atoms with Gasteiger partial charge in [0.2, 0.25) is 5.91 Å². The molecule has 0 saturated carbocycles. The summed E-state index contributed by atoms with van der Waals surface area (Å²) in [5.74, 6) is -0.369. The van der Waals surface area contributed by atoms with Gasteiger partial charge in [0.15, 0.2) is 0 Å². The Kier molecular flexibility index (Phi) is 5.14. The first kappa shape index (κ1) is 16.7. The topological polar surface area (TPSA) is 87.8 Å². The molecule has 0 spiro atoms. The smallest absolute Gasteiger partial charge is 0.285 e. The van der Waals surface area contributed by atoms with Gasteiger partial charge in [0.05, 0.1) is 5.69 Å². The number of carbonyl (C=O) groups is 1. The molecule has 0 bridgehead atoms. The van der Waals surface area contributed by atoms with Gasteiger partial charge in [0.1, 0.15) is 18.2 Å². The number of carbonyl (C=O) groups excluding carboxylic acids is 1. The van der Waals surface area contributed by atoms with E-state index in [4.69, 9.17) is 16.9 Å². The molecule has 7 heteroatoms. The number of halogens is 1. The molecule has 0 saturated heterocycles. The lowest BCUT2D eigenvalue weighted by atomic mass is 10.1. The second kappa shape index (κ2) is 7.07. The predicted molar refractivity (Wildman–Crippen MR) is 86.0 cm³/mol. The highest BCUT2D eigenvalue weighted by Crippen LogP contribution is 2.10. The van der Waals surface area contributed by atoms with Gasteiger partial charge in [0, 0.05) is 11.6 Å². The first-order chi connectivity index (χ1) is 10.9. The molecule has 1 amide bonds. The minimum atomic E-state index is -0.562. The molecule has 23 heavy (non-hydrogen) atoms. The molecule has 1 aromatic heterocycles. The van der Waals surface area contributed by atoms with E-state index in [-0.39, 0.29) is 18.0 Å². The molecular weight excluding hydrogens is 316 g/mol. The van der Waals surface area contributed by atoms with Gasteiger partial charge in [-0.1, -0.05) is 23.7 Å². The van der Waals surface area contributed by atoms with Crippen LogP contribution in [0.2, 0.25) is 5.02 Å². The maximum atomic E-state index is 12.1. The third-order valence-corrected chi connectivity index (χ3v) is 3.66. The van der Waals surface area contributed by atoms with Crippen LogP contribution >= 0.6 is 11.6 Å². The third kappa shape index (κ3) is 3.96. The van der Waals surface area contributed by atoms with Crippen LogP contribution in [-0.2, 0) is 17.9 Å². The quantitative estimate of drug-likeness (QED) is 0.924. The second-order valence-corrected chi connectivity index (χ2v) is 5.50. The summed E-state index contributed by atoms with van der Waals surface area (Å²) in [7, 11) is 0. The van der Waals surface area contributed by atoms with Gasteiger partial charge in [-0.05, 0) is 37.1 Å². The fourth-order valence-electron chi connectivity index (χ4n) is 2.05. The largest absolute Gasteiger partial charge is 0.350 e. The number of rotatable bonds is 4. The number of nitriles is 1. The van der Waals surface area contributed by atoms with E-state index in [9.17, 15) is 9.59 Å². The fourth-order valence-corrected chi connectivity index (χ4v) is 2.26. The summed E-state index contributed by atoms with van der Waals surface area (Å²) in [6, 6.07) is 8.98. The molecule has 1 heterocycles. The Labute approximate surface area is 138 Å². The van der Waals surface area contributed by atoms with E-state index >= 15 is 0 Å². The molecule has 0 fully saturated rings. The number of benzene rings is 1. The number of hydrogen-bond acceptors (Lipinski definition) is 4. The molecular formula is C16H15ClN4O2. The average molecular weight is 331 g/mol. The highest BCUT2D eigenvalue weighted by molar-refractivity contribution is 6.30. The first-order valence-corrected chi connectivity index (χ1v) is 7.29. The number of nitrogens with one attached hydrogen (secondary N) is 1. The van der Waals surface area contributed by atoms with E-state index in [1.807, 2.05) is 12.1 Å². The molecule has 0 unspecified atom stereocenters. The van der Waals surface area contributed by atoms with Gasteiger partial charge >= 0.3 is 0 Å². The monoisotopic (exact) mass is 330 g/mol. The molecule has 1 aromatic carbocycles. The summed E-state index contributed by atoms with van der Waals surface area (Å²) in [6.07, 6.45) is 0. The molecule has 6 nitrogen and oxygen atoms in total. The number of hydrogen-bond donors (Lipinski definition) is 1. The molecule has 0 aliphatic rings. The van der Waals surface area contributed by atoms with Crippen molar-refractivity contribution >= 4 is 17.5 Å². The van der Waals surface area contributed by atoms with E-state index in [0.717, 1.165) is 10.2 Å². The summed E-state index contributed by atoms with van der Waals surface area (Å²) >= 11 is 5.88. The van der Waals surface area contributed by atoms with Crippen LogP contribution in [0, 0.1) is 25.2 Å². The first-order valence-electron chi connectivity index (χ1n) is 6.92. The SMILES string of the molecule is Cc1nn(CC(=O)NCc2cccc(Cl)c2)c(=O)c(C#N)c1C. The molecule has 0 atom stereocenters. The van der Waals surface area contributed by atoms with Crippen molar-refractivity contribution in [3.05, 3.63) is 62.0 Å². The summed E-state index contributed by atoms with van der Waals surface area (Å²) in [4.78, 5) is 24.1. The lowest BCUT2D eigenvalue weighted by molar-refractivity contribution is -0.122. The average Bonchev–Trinajstić information content (AvgIpc) is 2.51. The van der Waals surface area contributed by atoms with Crippen LogP contribution < -0.4 is 10.9 Å². The fraction of sp³-hybridized carbons (Fsp3) is 0.250. The summed E-state index contributed by atoms with van der Waals surface area (Å²) < 4.78 is 1.01. The Morgan fingerprint density at radius 2 is 2.17 bits per heavy atom. The van der Waals surface area contributed by atoms with Crippen molar-refractivity contribution < 1.29 is 4.79 Å². The maximum Gasteiger partial charge on any atom is 0.285 e. The number of amides is 1. The van der Waals surface area contributed by atoms with Gasteiger partial charge in [0.25, 0.3) is 5.56 Å². The Morgan fingerprint density at radius 3 is 2.83 bits per heavy atom. The van der Waals surface area contributed by atoms with Crippen molar-refractivity contribution in [3.63, 3.8) is 0 Å². The standard InChI is InChI=1S/C16H15ClN4O2/c1-10-11(2)20-21(16(23)14(10)7-18)9-15(22)19-8-12-4-3-5-13(17)6-12/h3-6H,8-9H2,1-2H3,(H,19,22). The number of aromatic nitrogens is 2. The van der Waals surface area contributed by atoms with E-state index in [1.54, 1.807) is 32.0 Å². The number of nitrogens with zero attached hydrogens (tertiary/aromatic N) is 3. The summed E-state index contributed by atoms with van der Waals surface area (Å²) in [5.41, 5.74) is 1.38. The molecule has 2 aromatic rings. The van der Waals surface area contributed by atoms with Crippen LogP contribution in [0.25, 0.3) is 0 Å². The Morgan fingerprint density at radius 1 is 1.43 bits per heavy atom. The molecule has 0 aliphatic carbocycles. The van der Waals surface area contributed by atoms with Crippen LogP contribution in [0.5, 0.6) is 0 Å². The zero-order chi connectivity index (χ0) is 17.0. The van der Waals surface area contributed by atoms with E-state index < -0.39 is 5.56 Å². The molecule has 118 valence electrons. The van der Waals surface area contributed by atoms with E-state index in [0.29, 0.717) is 22.8 Å². The van der Waals surface area contributed by atoms with Gasteiger partial charge in [-0.15, -0.1) is 0 Å². The van der Waals surface area contributed by atoms with Crippen LogP contribution in [0.4, 0.5) is 0 Å². The summed E-state index contributed by atoms with van der Waals surface area (Å²) in [6.45, 7) is 3.40. The third-order valence-electron chi connectivity index (χ3n) is 3.42. The molecule has 1 N–H and O–H groups in total. The Hall–Kier alpha value is -2.65. The van der Waals surface area contributed by atoms with Crippen LogP contribution in [-0.4, -0.2) is 15.7 Å². The van der Waals surface area contributed by atoms with Gasteiger partial charge in [-0.3, -0.25) is 9.59 Å². The summed E-state index contributed by atoms with van der Waals surface area (Å²) in [5, 5.41) is 16.4. The normalized spacial score (nSPS) is 10.2. The van der Waals surface area contributed by atoms with Crippen molar-refractivity contribution in [2.45, 2.75) is 26.9 Å². The van der Waals surface area contributed by atoms with E-state index in [2.05, 4.69) is 10.4 Å². The minimum absolute atomic E-state index is 0.0140. The van der Waals surface area contributed by atoms with Crippen LogP contribution in [0.15, 0.2) is 29.1 Å². The lowest BCUT2D eigenvalue weighted by Crippen LogP contribution is -2.35. The highest BCUT2D eigenvalue weighted by Gasteiger charge is 2.13.